The molecular weight excluding hydrogens is 472 g/mol. The minimum atomic E-state index is -0.704. The maximum atomic E-state index is 12.7. The highest BCUT2D eigenvalue weighted by atomic mass is 79.9. The smallest absolute Gasteiger partial charge is 0.312 e. The molecule has 132 valence electrons. The molecule has 0 amide bonds. The standard InChI is InChI=1S/C16H10Br2N4O4/c1-8-20-13-3-2-10(17)5-12(13)16(24)21(8)19-7-9-4-11(18)6-14(15(9)23)22(25)26/h2-7,23H,1H3. The number of phenolic OH excluding ortho intramolecular Hbond substituents is 1. The van der Waals surface area contributed by atoms with Crippen molar-refractivity contribution in [3.8, 4) is 5.75 Å². The van der Waals surface area contributed by atoms with E-state index in [1.165, 1.54) is 18.3 Å². The predicted octanol–water partition coefficient (Wildman–Crippen LogP) is 3.73. The summed E-state index contributed by atoms with van der Waals surface area (Å²) < 4.78 is 2.19. The molecule has 0 spiro atoms. The minimum Gasteiger partial charge on any atom is -0.502 e. The van der Waals surface area contributed by atoms with Crippen molar-refractivity contribution in [3.05, 3.63) is 71.1 Å². The Morgan fingerprint density at radius 1 is 1.27 bits per heavy atom. The van der Waals surface area contributed by atoms with Crippen LogP contribution in [0.25, 0.3) is 10.9 Å². The summed E-state index contributed by atoms with van der Waals surface area (Å²) in [5.41, 5.74) is -0.241. The fraction of sp³-hybridized carbons (Fsp3) is 0.0625. The van der Waals surface area contributed by atoms with Crippen LogP contribution in [-0.4, -0.2) is 25.9 Å². The lowest BCUT2D eigenvalue weighted by atomic mass is 10.2. The van der Waals surface area contributed by atoms with Crippen molar-refractivity contribution in [1.82, 2.24) is 9.66 Å². The molecule has 10 heteroatoms. The number of aromatic hydroxyl groups is 1. The molecule has 0 aliphatic heterocycles. The lowest BCUT2D eigenvalue weighted by Crippen LogP contribution is -2.20. The van der Waals surface area contributed by atoms with Gasteiger partial charge in [0.15, 0.2) is 0 Å². The normalized spacial score (nSPS) is 11.3. The van der Waals surface area contributed by atoms with Crippen LogP contribution in [0, 0.1) is 17.0 Å². The van der Waals surface area contributed by atoms with Gasteiger partial charge in [0.2, 0.25) is 5.75 Å². The molecule has 1 N–H and O–H groups in total. The number of phenols is 1. The van der Waals surface area contributed by atoms with Gasteiger partial charge in [0.1, 0.15) is 5.82 Å². The summed E-state index contributed by atoms with van der Waals surface area (Å²) in [6, 6.07) is 7.76. The van der Waals surface area contributed by atoms with Gasteiger partial charge in [0.05, 0.1) is 22.0 Å². The van der Waals surface area contributed by atoms with Crippen molar-refractivity contribution >= 4 is 54.7 Å². The van der Waals surface area contributed by atoms with Crippen LogP contribution in [0.15, 0.2) is 49.2 Å². The molecular formula is C16H10Br2N4O4. The van der Waals surface area contributed by atoms with Crippen molar-refractivity contribution in [2.75, 3.05) is 0 Å². The average Bonchev–Trinajstić information content (AvgIpc) is 2.57. The third kappa shape index (κ3) is 3.37. The second-order valence-corrected chi connectivity index (χ2v) is 7.13. The van der Waals surface area contributed by atoms with E-state index < -0.39 is 21.9 Å². The van der Waals surface area contributed by atoms with Crippen LogP contribution in [-0.2, 0) is 0 Å². The summed E-state index contributed by atoms with van der Waals surface area (Å²) >= 11 is 6.46. The Labute approximate surface area is 163 Å². The fourth-order valence-electron chi connectivity index (χ4n) is 2.36. The number of nitro groups is 1. The van der Waals surface area contributed by atoms with E-state index >= 15 is 0 Å². The van der Waals surface area contributed by atoms with Crippen LogP contribution in [0.4, 0.5) is 5.69 Å². The first-order valence-corrected chi connectivity index (χ1v) is 8.76. The first-order valence-electron chi connectivity index (χ1n) is 7.18. The highest BCUT2D eigenvalue weighted by Gasteiger charge is 2.18. The van der Waals surface area contributed by atoms with E-state index in [1.807, 2.05) is 0 Å². The van der Waals surface area contributed by atoms with Gasteiger partial charge in [-0.15, -0.1) is 0 Å². The van der Waals surface area contributed by atoms with Crippen LogP contribution < -0.4 is 5.56 Å². The molecule has 0 saturated heterocycles. The highest BCUT2D eigenvalue weighted by Crippen LogP contribution is 2.32. The SMILES string of the molecule is Cc1nc2ccc(Br)cc2c(=O)n1N=Cc1cc(Br)cc([N+](=O)[O-])c1O. The number of fused-ring (bicyclic) bond motifs is 1. The Bertz CT molecular complexity index is 1140. The van der Waals surface area contributed by atoms with Crippen molar-refractivity contribution in [1.29, 1.82) is 0 Å². The number of rotatable bonds is 3. The Balaban J connectivity index is 2.15. The third-order valence-electron chi connectivity index (χ3n) is 3.56. The van der Waals surface area contributed by atoms with Crippen LogP contribution in [0.5, 0.6) is 5.75 Å². The zero-order chi connectivity index (χ0) is 19.0. The van der Waals surface area contributed by atoms with E-state index in [2.05, 4.69) is 41.9 Å². The Morgan fingerprint density at radius 3 is 2.69 bits per heavy atom. The molecule has 1 heterocycles. The quantitative estimate of drug-likeness (QED) is 0.348. The van der Waals surface area contributed by atoms with Gasteiger partial charge >= 0.3 is 5.69 Å². The van der Waals surface area contributed by atoms with Gasteiger partial charge in [-0.05, 0) is 31.2 Å². The Kier molecular flexibility index (Phi) is 4.88. The number of hydrogen-bond acceptors (Lipinski definition) is 6. The molecule has 0 saturated carbocycles. The summed E-state index contributed by atoms with van der Waals surface area (Å²) in [7, 11) is 0. The van der Waals surface area contributed by atoms with Gasteiger partial charge in [0, 0.05) is 20.6 Å². The van der Waals surface area contributed by atoms with Crippen LogP contribution in [0.1, 0.15) is 11.4 Å². The summed E-state index contributed by atoms with van der Waals surface area (Å²) in [5.74, 6) is -0.200. The zero-order valence-electron chi connectivity index (χ0n) is 13.2. The van der Waals surface area contributed by atoms with E-state index in [-0.39, 0.29) is 5.56 Å². The van der Waals surface area contributed by atoms with Gasteiger partial charge < -0.3 is 5.11 Å². The molecule has 0 fully saturated rings. The molecule has 0 bridgehead atoms. The predicted molar refractivity (Wildman–Crippen MR) is 104 cm³/mol. The molecule has 0 aliphatic rings. The van der Waals surface area contributed by atoms with Crippen LogP contribution in [0.3, 0.4) is 0 Å². The van der Waals surface area contributed by atoms with Crippen molar-refractivity contribution in [3.63, 3.8) is 0 Å². The maximum absolute atomic E-state index is 12.7. The molecule has 0 radical (unpaired) electrons. The van der Waals surface area contributed by atoms with Gasteiger partial charge in [-0.1, -0.05) is 31.9 Å². The molecule has 3 aromatic rings. The minimum absolute atomic E-state index is 0.0896. The second kappa shape index (κ2) is 6.96. The number of aromatic nitrogens is 2. The summed E-state index contributed by atoms with van der Waals surface area (Å²) in [5, 5.41) is 25.5. The lowest BCUT2D eigenvalue weighted by molar-refractivity contribution is -0.385. The summed E-state index contributed by atoms with van der Waals surface area (Å²) in [4.78, 5) is 27.3. The first kappa shape index (κ1) is 18.2. The van der Waals surface area contributed by atoms with Crippen LogP contribution >= 0.6 is 31.9 Å². The molecule has 0 aliphatic carbocycles. The highest BCUT2D eigenvalue weighted by molar-refractivity contribution is 9.10. The molecule has 3 rings (SSSR count). The van der Waals surface area contributed by atoms with Crippen molar-refractivity contribution in [2.45, 2.75) is 6.92 Å². The molecule has 0 atom stereocenters. The molecule has 26 heavy (non-hydrogen) atoms. The molecule has 8 nitrogen and oxygen atoms in total. The zero-order valence-corrected chi connectivity index (χ0v) is 16.4. The monoisotopic (exact) mass is 480 g/mol. The Hall–Kier alpha value is -2.59. The van der Waals surface area contributed by atoms with Gasteiger partial charge in [-0.2, -0.15) is 9.78 Å². The van der Waals surface area contributed by atoms with E-state index in [4.69, 9.17) is 0 Å². The second-order valence-electron chi connectivity index (χ2n) is 5.30. The lowest BCUT2D eigenvalue weighted by Gasteiger charge is -2.06. The number of hydrogen-bond donors (Lipinski definition) is 1. The van der Waals surface area contributed by atoms with Crippen LogP contribution in [0.2, 0.25) is 0 Å². The van der Waals surface area contributed by atoms with E-state index in [0.29, 0.717) is 21.2 Å². The first-order chi connectivity index (χ1) is 12.3. The number of benzene rings is 2. The van der Waals surface area contributed by atoms with E-state index in [1.54, 1.807) is 25.1 Å². The largest absolute Gasteiger partial charge is 0.502 e. The number of nitrogens with zero attached hydrogens (tertiary/aromatic N) is 4. The molecule has 1 aromatic heterocycles. The fourth-order valence-corrected chi connectivity index (χ4v) is 3.18. The molecule has 2 aromatic carbocycles. The maximum Gasteiger partial charge on any atom is 0.312 e. The molecule has 0 unspecified atom stereocenters. The number of nitro benzene ring substituents is 1. The Morgan fingerprint density at radius 2 is 2.00 bits per heavy atom. The van der Waals surface area contributed by atoms with Crippen molar-refractivity contribution < 1.29 is 10.0 Å². The van der Waals surface area contributed by atoms with Gasteiger partial charge in [0.25, 0.3) is 5.56 Å². The van der Waals surface area contributed by atoms with Crippen molar-refractivity contribution in [2.24, 2.45) is 5.10 Å². The summed E-state index contributed by atoms with van der Waals surface area (Å²) in [6.45, 7) is 1.61. The summed E-state index contributed by atoms with van der Waals surface area (Å²) in [6.07, 6.45) is 1.17. The number of aryl methyl sites for hydroxylation is 1. The third-order valence-corrected chi connectivity index (χ3v) is 4.51. The van der Waals surface area contributed by atoms with Gasteiger partial charge in [-0.25, -0.2) is 4.98 Å². The van der Waals surface area contributed by atoms with E-state index in [9.17, 15) is 20.0 Å². The van der Waals surface area contributed by atoms with E-state index in [0.717, 1.165) is 9.15 Å². The topological polar surface area (TPSA) is 111 Å². The average molecular weight is 482 g/mol. The van der Waals surface area contributed by atoms with Gasteiger partial charge in [-0.3, -0.25) is 14.9 Å². The number of halogens is 2.